The first-order chi connectivity index (χ1) is 23.0. The van der Waals surface area contributed by atoms with Crippen LogP contribution in [0.4, 0.5) is 0 Å². The Morgan fingerprint density at radius 2 is 0.896 bits per heavy atom. The molecule has 1 aliphatic rings. The topological polar surface area (TPSA) is 155 Å². The molecule has 0 amide bonds. The molecule has 1 aromatic carbocycles. The van der Waals surface area contributed by atoms with E-state index in [0.717, 1.165) is 58.9 Å². The highest BCUT2D eigenvalue weighted by atomic mass is 16.5. The Labute approximate surface area is 289 Å². The van der Waals surface area contributed by atoms with Crippen LogP contribution >= 0.6 is 0 Å². The number of nitrogens with zero attached hydrogens (tertiary/aromatic N) is 4. The maximum Gasteiger partial charge on any atom is 0.0900 e. The minimum atomic E-state index is -0.514. The van der Waals surface area contributed by atoms with Gasteiger partial charge in [-0.25, -0.2) is 0 Å². The highest BCUT2D eigenvalue weighted by Crippen LogP contribution is 2.16. The molecule has 14 nitrogen and oxygen atoms in total. The second-order valence-electron chi connectivity index (χ2n) is 13.0. The van der Waals surface area contributed by atoms with E-state index in [0.29, 0.717) is 52.6 Å². The smallest absolute Gasteiger partial charge is 0.0900 e. The summed E-state index contributed by atoms with van der Waals surface area (Å²) < 4.78 is 19.7. The molecule has 4 atom stereocenters. The van der Waals surface area contributed by atoms with E-state index in [1.54, 1.807) is 28.4 Å². The van der Waals surface area contributed by atoms with Gasteiger partial charge in [-0.05, 0) is 37.8 Å². The van der Waals surface area contributed by atoms with E-state index in [1.165, 1.54) is 16.7 Å². The Morgan fingerprint density at radius 1 is 0.562 bits per heavy atom. The first-order valence-electron chi connectivity index (χ1n) is 17.0. The molecule has 0 radical (unpaired) electrons. The molecule has 6 N–H and O–H groups in total. The number of benzene rings is 1. The molecule has 0 saturated carbocycles. The second kappa shape index (κ2) is 27.4. The molecule has 0 bridgehead atoms. The molecule has 48 heavy (non-hydrogen) atoms. The summed E-state index contributed by atoms with van der Waals surface area (Å²) in [7, 11) is 12.2. The molecule has 1 aromatic rings. The monoisotopic (exact) mass is 689 g/mol. The number of ether oxygens (including phenoxy) is 4. The van der Waals surface area contributed by atoms with Gasteiger partial charge in [0.2, 0.25) is 0 Å². The molecular formula is C34H68N6O8. The van der Waals surface area contributed by atoms with E-state index in [2.05, 4.69) is 43.5 Å². The van der Waals surface area contributed by atoms with Crippen LogP contribution in [0.25, 0.3) is 0 Å². The van der Waals surface area contributed by atoms with Crippen molar-refractivity contribution >= 4 is 0 Å². The Kier molecular flexibility index (Phi) is 25.5. The Bertz CT molecular complexity index is 858. The quantitative estimate of drug-likeness (QED) is 0.0837. The van der Waals surface area contributed by atoms with Gasteiger partial charge in [0.05, 0.1) is 50.8 Å². The zero-order valence-corrected chi connectivity index (χ0v) is 30.8. The number of methoxy groups -OCH3 is 4. The fraction of sp³-hybridized carbons (Fsp3) is 0.824. The molecule has 0 aromatic heterocycles. The number of likely N-dealkylation sites (N-methyl/N-ethyl adjacent to an activating group) is 3. The molecule has 1 fully saturated rings. The van der Waals surface area contributed by atoms with E-state index in [4.69, 9.17) is 18.9 Å². The fourth-order valence-electron chi connectivity index (χ4n) is 5.79. The lowest BCUT2D eigenvalue weighted by Gasteiger charge is -2.25. The van der Waals surface area contributed by atoms with Crippen molar-refractivity contribution in [2.45, 2.75) is 44.1 Å². The second-order valence-corrected chi connectivity index (χ2v) is 13.0. The number of aliphatic hydroxyl groups excluding tert-OH is 4. The van der Waals surface area contributed by atoms with Gasteiger partial charge in [0.15, 0.2) is 0 Å². The minimum Gasteiger partial charge on any atom is -0.389 e. The molecule has 1 aliphatic heterocycles. The standard InChI is InChI=1S/C25H47N5O4.C9H21NO4/c1-28(17-24(31)19-33-3)14-21-11-22(15-29(2)18-25(32)20-34-4)13-23(12-21)16-30-9-7-26-5-6-27-8-10-30;1-10(4-8(11)6-13-2)5-9(12)7-14-3/h11-13,24-27,31-32H,5-10,14-20H2,1-4H3;8-9,11-12H,4-7H2,1-3H3. The van der Waals surface area contributed by atoms with Gasteiger partial charge in [-0.3, -0.25) is 14.7 Å². The predicted octanol–water partition coefficient (Wildman–Crippen LogP) is -1.51. The molecule has 282 valence electrons. The van der Waals surface area contributed by atoms with Crippen molar-refractivity contribution < 1.29 is 39.4 Å². The minimum absolute atomic E-state index is 0.310. The Morgan fingerprint density at radius 3 is 1.25 bits per heavy atom. The van der Waals surface area contributed by atoms with Gasteiger partial charge in [-0.15, -0.1) is 0 Å². The molecule has 1 heterocycles. The summed E-state index contributed by atoms with van der Waals surface area (Å²) in [6.07, 6.45) is -2.04. The first kappa shape index (κ1) is 44.7. The lowest BCUT2D eigenvalue weighted by molar-refractivity contribution is 0.0141. The van der Waals surface area contributed by atoms with Crippen molar-refractivity contribution in [2.24, 2.45) is 0 Å². The summed E-state index contributed by atoms with van der Waals surface area (Å²) in [6.45, 7) is 11.8. The van der Waals surface area contributed by atoms with Gasteiger partial charge in [0, 0.05) is 114 Å². The largest absolute Gasteiger partial charge is 0.389 e. The summed E-state index contributed by atoms with van der Waals surface area (Å²) in [5, 5.41) is 46.0. The van der Waals surface area contributed by atoms with Crippen LogP contribution in [0.15, 0.2) is 18.2 Å². The highest BCUT2D eigenvalue weighted by Gasteiger charge is 2.15. The molecule has 4 unspecified atom stereocenters. The van der Waals surface area contributed by atoms with Crippen LogP contribution in [0.1, 0.15) is 16.7 Å². The molecule has 1 saturated heterocycles. The summed E-state index contributed by atoms with van der Waals surface area (Å²) in [5.41, 5.74) is 3.75. The number of hydrogen-bond donors (Lipinski definition) is 6. The third-order valence-electron chi connectivity index (χ3n) is 7.64. The van der Waals surface area contributed by atoms with Gasteiger partial charge < -0.3 is 54.9 Å². The highest BCUT2D eigenvalue weighted by molar-refractivity contribution is 5.30. The average Bonchev–Trinajstić information content (AvgIpc) is 3.11. The SMILES string of the molecule is COCC(O)CN(C)CC(O)COC.COCC(O)CN(C)Cc1cc(CN(C)CC(O)COC)cc(CN2CCNCCNCC2)c1. The summed E-state index contributed by atoms with van der Waals surface area (Å²) >= 11 is 0. The van der Waals surface area contributed by atoms with Crippen molar-refractivity contribution in [3.63, 3.8) is 0 Å². The average molecular weight is 689 g/mol. The number of nitrogens with one attached hydrogen (secondary N) is 2. The van der Waals surface area contributed by atoms with Crippen molar-refractivity contribution in [1.29, 1.82) is 0 Å². The predicted molar refractivity (Wildman–Crippen MR) is 189 cm³/mol. The van der Waals surface area contributed by atoms with E-state index in [1.807, 2.05) is 26.0 Å². The zero-order chi connectivity index (χ0) is 35.7. The van der Waals surface area contributed by atoms with Crippen molar-refractivity contribution in [1.82, 2.24) is 30.2 Å². The van der Waals surface area contributed by atoms with E-state index < -0.39 is 24.4 Å². The summed E-state index contributed by atoms with van der Waals surface area (Å²) in [5.74, 6) is 0. The van der Waals surface area contributed by atoms with Gasteiger partial charge in [0.25, 0.3) is 0 Å². The lowest BCUT2D eigenvalue weighted by atomic mass is 10.0. The van der Waals surface area contributed by atoms with E-state index >= 15 is 0 Å². The van der Waals surface area contributed by atoms with Crippen LogP contribution in [0, 0.1) is 0 Å². The molecule has 14 heteroatoms. The summed E-state index contributed by atoms with van der Waals surface area (Å²) in [4.78, 5) is 8.60. The third-order valence-corrected chi connectivity index (χ3v) is 7.64. The van der Waals surface area contributed by atoms with Crippen LogP contribution in [0.3, 0.4) is 0 Å². The van der Waals surface area contributed by atoms with Gasteiger partial charge in [0.1, 0.15) is 0 Å². The maximum atomic E-state index is 10.1. The van der Waals surface area contributed by atoms with Gasteiger partial charge >= 0.3 is 0 Å². The van der Waals surface area contributed by atoms with Gasteiger partial charge in [-0.2, -0.15) is 0 Å². The Balaban J connectivity index is 0.000000692. The van der Waals surface area contributed by atoms with Crippen LogP contribution in [-0.4, -0.2) is 206 Å². The van der Waals surface area contributed by atoms with Crippen molar-refractivity contribution in [2.75, 3.05) is 141 Å². The van der Waals surface area contributed by atoms with E-state index in [-0.39, 0.29) is 0 Å². The number of hydrogen-bond acceptors (Lipinski definition) is 14. The fourth-order valence-corrected chi connectivity index (χ4v) is 5.79. The normalized spacial score (nSPS) is 17.4. The van der Waals surface area contributed by atoms with Crippen LogP contribution in [0.2, 0.25) is 0 Å². The van der Waals surface area contributed by atoms with Crippen molar-refractivity contribution in [3.8, 4) is 0 Å². The van der Waals surface area contributed by atoms with Gasteiger partial charge in [-0.1, -0.05) is 18.2 Å². The van der Waals surface area contributed by atoms with Crippen LogP contribution in [0.5, 0.6) is 0 Å². The first-order valence-corrected chi connectivity index (χ1v) is 17.0. The number of rotatable bonds is 22. The van der Waals surface area contributed by atoms with Crippen LogP contribution < -0.4 is 10.6 Å². The third kappa shape index (κ3) is 22.4. The summed E-state index contributed by atoms with van der Waals surface area (Å²) in [6, 6.07) is 6.81. The molecule has 2 rings (SSSR count). The van der Waals surface area contributed by atoms with Crippen LogP contribution in [-0.2, 0) is 38.6 Å². The molecule has 0 aliphatic carbocycles. The zero-order valence-electron chi connectivity index (χ0n) is 30.8. The Hall–Kier alpha value is -1.34. The number of aliphatic hydroxyl groups is 4. The maximum absolute atomic E-state index is 10.1. The molecule has 0 spiro atoms. The van der Waals surface area contributed by atoms with Crippen molar-refractivity contribution in [3.05, 3.63) is 34.9 Å². The van der Waals surface area contributed by atoms with E-state index in [9.17, 15) is 20.4 Å². The molecular weight excluding hydrogens is 620 g/mol. The lowest BCUT2D eigenvalue weighted by Crippen LogP contribution is -2.38.